The van der Waals surface area contributed by atoms with Crippen molar-refractivity contribution < 1.29 is 4.79 Å². The number of nitrogens with zero attached hydrogens (tertiary/aromatic N) is 3. The molecule has 0 unspecified atom stereocenters. The minimum Gasteiger partial charge on any atom is -0.347 e. The molecule has 1 aromatic heterocycles. The molecule has 0 atom stereocenters. The van der Waals surface area contributed by atoms with Gasteiger partial charge < -0.3 is 10.2 Å². The van der Waals surface area contributed by atoms with E-state index in [9.17, 15) is 4.79 Å². The molecule has 102 valence electrons. The van der Waals surface area contributed by atoms with E-state index in [1.54, 1.807) is 18.3 Å². The molecule has 2 rings (SSSR count). The molecule has 2 aromatic rings. The number of nitrogens with one attached hydrogen (secondary N) is 1. The van der Waals surface area contributed by atoms with Gasteiger partial charge in [-0.1, -0.05) is 24.3 Å². The highest BCUT2D eigenvalue weighted by molar-refractivity contribution is 5.92. The molecule has 1 amide bonds. The number of hydrogen-bond acceptors (Lipinski definition) is 4. The summed E-state index contributed by atoms with van der Waals surface area (Å²) in [5, 5.41) is 2.69. The Morgan fingerprint density at radius 3 is 2.80 bits per heavy atom. The largest absolute Gasteiger partial charge is 0.347 e. The van der Waals surface area contributed by atoms with Crippen molar-refractivity contribution in [1.29, 1.82) is 0 Å². The number of hydrogen-bond donors (Lipinski definition) is 1. The van der Waals surface area contributed by atoms with Crippen molar-refractivity contribution in [2.45, 2.75) is 0 Å². The first-order chi connectivity index (χ1) is 9.72. The summed E-state index contributed by atoms with van der Waals surface area (Å²) in [5.74, 6) is 0.234. The van der Waals surface area contributed by atoms with Crippen LogP contribution in [-0.4, -0.2) is 29.5 Å². The summed E-state index contributed by atoms with van der Waals surface area (Å²) in [6, 6.07) is 11.3. The summed E-state index contributed by atoms with van der Waals surface area (Å²) in [6.07, 6.45) is 3.20. The first-order valence-corrected chi connectivity index (χ1v) is 6.23. The number of benzene rings is 1. The van der Waals surface area contributed by atoms with E-state index in [2.05, 4.69) is 21.9 Å². The minimum absolute atomic E-state index is 0.241. The SMILES string of the molecule is C=CCNC(=O)c1ccnc(N(C)c2ccccc2)n1. The smallest absolute Gasteiger partial charge is 0.270 e. The Labute approximate surface area is 118 Å². The summed E-state index contributed by atoms with van der Waals surface area (Å²) >= 11 is 0. The van der Waals surface area contributed by atoms with Crippen LogP contribution in [0.15, 0.2) is 55.3 Å². The van der Waals surface area contributed by atoms with Crippen molar-refractivity contribution in [2.75, 3.05) is 18.5 Å². The average molecular weight is 268 g/mol. The van der Waals surface area contributed by atoms with Gasteiger partial charge in [0.25, 0.3) is 5.91 Å². The van der Waals surface area contributed by atoms with E-state index in [0.717, 1.165) is 5.69 Å². The van der Waals surface area contributed by atoms with E-state index in [1.807, 2.05) is 42.3 Å². The number of carbonyl (C=O) groups is 1. The molecule has 0 fully saturated rings. The maximum Gasteiger partial charge on any atom is 0.270 e. The lowest BCUT2D eigenvalue weighted by Gasteiger charge is -2.17. The normalized spacial score (nSPS) is 9.85. The molecule has 20 heavy (non-hydrogen) atoms. The van der Waals surface area contributed by atoms with Crippen molar-refractivity contribution in [3.05, 3.63) is 60.9 Å². The molecule has 0 saturated carbocycles. The Balaban J connectivity index is 2.21. The van der Waals surface area contributed by atoms with Crippen LogP contribution in [0.3, 0.4) is 0 Å². The molecule has 0 aliphatic carbocycles. The van der Waals surface area contributed by atoms with Crippen molar-refractivity contribution in [3.8, 4) is 0 Å². The van der Waals surface area contributed by atoms with Crippen molar-refractivity contribution in [2.24, 2.45) is 0 Å². The summed E-state index contributed by atoms with van der Waals surface area (Å²) < 4.78 is 0. The van der Waals surface area contributed by atoms with Crippen LogP contribution in [0.4, 0.5) is 11.6 Å². The Morgan fingerprint density at radius 2 is 2.10 bits per heavy atom. The van der Waals surface area contributed by atoms with Crippen LogP contribution < -0.4 is 10.2 Å². The van der Waals surface area contributed by atoms with Crippen LogP contribution in [0.25, 0.3) is 0 Å². The number of rotatable bonds is 5. The van der Waals surface area contributed by atoms with Crippen LogP contribution in [0.1, 0.15) is 10.5 Å². The van der Waals surface area contributed by atoms with E-state index in [-0.39, 0.29) is 5.91 Å². The number of aromatic nitrogens is 2. The average Bonchev–Trinajstić information content (AvgIpc) is 2.52. The van der Waals surface area contributed by atoms with E-state index in [1.165, 1.54) is 0 Å². The van der Waals surface area contributed by atoms with Gasteiger partial charge in [0.15, 0.2) is 0 Å². The summed E-state index contributed by atoms with van der Waals surface area (Å²) in [4.78, 5) is 22.1. The zero-order chi connectivity index (χ0) is 14.4. The third kappa shape index (κ3) is 3.20. The first-order valence-electron chi connectivity index (χ1n) is 6.23. The molecule has 1 heterocycles. The lowest BCUT2D eigenvalue weighted by atomic mass is 10.3. The Bertz CT molecular complexity index is 598. The fourth-order valence-electron chi connectivity index (χ4n) is 1.66. The number of amides is 1. The Hall–Kier alpha value is -2.69. The second-order valence-electron chi connectivity index (χ2n) is 4.14. The summed E-state index contributed by atoms with van der Waals surface area (Å²) in [7, 11) is 1.86. The minimum atomic E-state index is -0.241. The van der Waals surface area contributed by atoms with Gasteiger partial charge in [-0.15, -0.1) is 6.58 Å². The highest BCUT2D eigenvalue weighted by Crippen LogP contribution is 2.18. The van der Waals surface area contributed by atoms with Crippen molar-refractivity contribution in [1.82, 2.24) is 15.3 Å². The van der Waals surface area contributed by atoms with Gasteiger partial charge in [-0.05, 0) is 18.2 Å². The van der Waals surface area contributed by atoms with Gasteiger partial charge in [0.05, 0.1) is 0 Å². The van der Waals surface area contributed by atoms with Crippen LogP contribution in [0.2, 0.25) is 0 Å². The third-order valence-electron chi connectivity index (χ3n) is 2.73. The van der Waals surface area contributed by atoms with Crippen molar-refractivity contribution >= 4 is 17.5 Å². The molecular formula is C15H16N4O. The van der Waals surface area contributed by atoms with Crippen LogP contribution in [0, 0.1) is 0 Å². The predicted molar refractivity (Wildman–Crippen MR) is 79.1 cm³/mol. The monoisotopic (exact) mass is 268 g/mol. The highest BCUT2D eigenvalue weighted by atomic mass is 16.1. The number of para-hydroxylation sites is 1. The Kier molecular flexibility index (Phi) is 4.44. The maximum atomic E-state index is 11.8. The lowest BCUT2D eigenvalue weighted by molar-refractivity contribution is 0.0953. The Morgan fingerprint density at radius 1 is 1.35 bits per heavy atom. The predicted octanol–water partition coefficient (Wildman–Crippen LogP) is 2.16. The second-order valence-corrected chi connectivity index (χ2v) is 4.14. The van der Waals surface area contributed by atoms with Gasteiger partial charge in [-0.2, -0.15) is 0 Å². The number of anilines is 2. The van der Waals surface area contributed by atoms with Gasteiger partial charge in [0.2, 0.25) is 5.95 Å². The molecule has 0 aliphatic heterocycles. The maximum absolute atomic E-state index is 11.8. The fraction of sp³-hybridized carbons (Fsp3) is 0.133. The zero-order valence-corrected chi connectivity index (χ0v) is 11.3. The molecule has 1 N–H and O–H groups in total. The van der Waals surface area contributed by atoms with Gasteiger partial charge in [-0.3, -0.25) is 4.79 Å². The van der Waals surface area contributed by atoms with Gasteiger partial charge in [-0.25, -0.2) is 9.97 Å². The standard InChI is InChI=1S/C15H16N4O/c1-3-10-16-14(20)13-9-11-17-15(18-13)19(2)12-7-5-4-6-8-12/h3-9,11H,1,10H2,2H3,(H,16,20). The molecule has 5 heteroatoms. The lowest BCUT2D eigenvalue weighted by Crippen LogP contribution is -2.25. The molecule has 0 aliphatic rings. The topological polar surface area (TPSA) is 58.1 Å². The third-order valence-corrected chi connectivity index (χ3v) is 2.73. The van der Waals surface area contributed by atoms with Crippen LogP contribution >= 0.6 is 0 Å². The molecular weight excluding hydrogens is 252 g/mol. The molecule has 0 spiro atoms. The van der Waals surface area contributed by atoms with Gasteiger partial charge in [0, 0.05) is 25.5 Å². The van der Waals surface area contributed by atoms with E-state index in [0.29, 0.717) is 18.2 Å². The molecule has 0 bridgehead atoms. The van der Waals surface area contributed by atoms with E-state index >= 15 is 0 Å². The summed E-state index contributed by atoms with van der Waals surface area (Å²) in [5.41, 5.74) is 1.29. The van der Waals surface area contributed by atoms with Gasteiger partial charge >= 0.3 is 0 Å². The van der Waals surface area contributed by atoms with Gasteiger partial charge in [0.1, 0.15) is 5.69 Å². The quantitative estimate of drug-likeness (QED) is 0.844. The van der Waals surface area contributed by atoms with Crippen LogP contribution in [-0.2, 0) is 0 Å². The second kappa shape index (κ2) is 6.47. The fourth-order valence-corrected chi connectivity index (χ4v) is 1.66. The molecule has 5 nitrogen and oxygen atoms in total. The molecule has 0 saturated heterocycles. The molecule has 0 radical (unpaired) electrons. The number of carbonyl (C=O) groups excluding carboxylic acids is 1. The zero-order valence-electron chi connectivity index (χ0n) is 11.3. The van der Waals surface area contributed by atoms with Crippen molar-refractivity contribution in [3.63, 3.8) is 0 Å². The summed E-state index contributed by atoms with van der Waals surface area (Å²) in [6.45, 7) is 3.97. The molecule has 1 aromatic carbocycles. The van der Waals surface area contributed by atoms with E-state index < -0.39 is 0 Å². The van der Waals surface area contributed by atoms with Crippen LogP contribution in [0.5, 0.6) is 0 Å². The van der Waals surface area contributed by atoms with E-state index in [4.69, 9.17) is 0 Å². The first kappa shape index (κ1) is 13.7. The highest BCUT2D eigenvalue weighted by Gasteiger charge is 2.11.